The number of hydrogen-bond donors (Lipinski definition) is 1. The molecule has 138 valence electrons. The van der Waals surface area contributed by atoms with Crippen molar-refractivity contribution in [1.82, 2.24) is 25.1 Å². The fourth-order valence-electron chi connectivity index (χ4n) is 3.74. The first-order valence-electron chi connectivity index (χ1n) is 9.54. The van der Waals surface area contributed by atoms with E-state index in [1.54, 1.807) is 7.11 Å². The highest BCUT2D eigenvalue weighted by molar-refractivity contribution is 5.63. The van der Waals surface area contributed by atoms with Crippen LogP contribution in [0.3, 0.4) is 0 Å². The summed E-state index contributed by atoms with van der Waals surface area (Å²) < 4.78 is 5.25. The first-order valence-corrected chi connectivity index (χ1v) is 9.54. The summed E-state index contributed by atoms with van der Waals surface area (Å²) in [5, 5.41) is 7.43. The lowest BCUT2D eigenvalue weighted by atomic mass is 10.0. The number of ether oxygens (including phenoxy) is 1. The van der Waals surface area contributed by atoms with E-state index in [9.17, 15) is 0 Å². The molecule has 6 heteroatoms. The summed E-state index contributed by atoms with van der Waals surface area (Å²) in [6, 6.07) is 8.08. The van der Waals surface area contributed by atoms with Gasteiger partial charge in [-0.05, 0) is 37.1 Å². The minimum atomic E-state index is 0.617. The SMILES string of the molecule is COc1ccc(-c2[nH]ncc2CN2CCc3nc(C4CC4)ncc3C2)cc1. The van der Waals surface area contributed by atoms with E-state index < -0.39 is 0 Å². The van der Waals surface area contributed by atoms with Crippen molar-refractivity contribution in [3.8, 4) is 17.0 Å². The van der Waals surface area contributed by atoms with Crippen molar-refractivity contribution in [2.45, 2.75) is 38.3 Å². The normalized spacial score (nSPS) is 16.9. The first kappa shape index (κ1) is 16.4. The van der Waals surface area contributed by atoms with Crippen molar-refractivity contribution in [2.75, 3.05) is 13.7 Å². The molecule has 0 bridgehead atoms. The monoisotopic (exact) mass is 361 g/mol. The second kappa shape index (κ2) is 6.78. The van der Waals surface area contributed by atoms with Crippen LogP contribution in [0.4, 0.5) is 0 Å². The highest BCUT2D eigenvalue weighted by Gasteiger charge is 2.28. The van der Waals surface area contributed by atoms with Crippen LogP contribution < -0.4 is 4.74 Å². The van der Waals surface area contributed by atoms with Crippen LogP contribution in [0.2, 0.25) is 0 Å². The molecule has 6 nitrogen and oxygen atoms in total. The molecule has 2 aliphatic rings. The molecule has 27 heavy (non-hydrogen) atoms. The molecule has 5 rings (SSSR count). The van der Waals surface area contributed by atoms with Crippen LogP contribution in [0.1, 0.15) is 41.4 Å². The lowest BCUT2D eigenvalue weighted by molar-refractivity contribution is 0.243. The van der Waals surface area contributed by atoms with Gasteiger partial charge in [0.2, 0.25) is 0 Å². The van der Waals surface area contributed by atoms with Gasteiger partial charge in [0.1, 0.15) is 11.6 Å². The summed E-state index contributed by atoms with van der Waals surface area (Å²) >= 11 is 0. The van der Waals surface area contributed by atoms with Crippen LogP contribution in [0.15, 0.2) is 36.7 Å². The van der Waals surface area contributed by atoms with Gasteiger partial charge in [0.25, 0.3) is 0 Å². The first-order chi connectivity index (χ1) is 13.3. The van der Waals surface area contributed by atoms with Gasteiger partial charge in [-0.25, -0.2) is 9.97 Å². The van der Waals surface area contributed by atoms with Crippen LogP contribution in [-0.2, 0) is 19.5 Å². The number of hydrogen-bond acceptors (Lipinski definition) is 5. The zero-order valence-corrected chi connectivity index (χ0v) is 15.5. The second-order valence-electron chi connectivity index (χ2n) is 7.43. The third-order valence-corrected chi connectivity index (χ3v) is 5.46. The molecule has 3 aromatic rings. The molecule has 0 amide bonds. The molecule has 1 fully saturated rings. The number of rotatable bonds is 5. The number of H-pyrrole nitrogens is 1. The maximum absolute atomic E-state index is 5.25. The van der Waals surface area contributed by atoms with Gasteiger partial charge in [0.15, 0.2) is 0 Å². The fraction of sp³-hybridized carbons (Fsp3) is 0.381. The highest BCUT2D eigenvalue weighted by atomic mass is 16.5. The Balaban J connectivity index is 1.32. The number of aromatic amines is 1. The van der Waals surface area contributed by atoms with E-state index in [1.165, 1.54) is 29.7 Å². The molecule has 1 N–H and O–H groups in total. The van der Waals surface area contributed by atoms with Crippen molar-refractivity contribution in [2.24, 2.45) is 0 Å². The van der Waals surface area contributed by atoms with Gasteiger partial charge >= 0.3 is 0 Å². The molecule has 1 saturated carbocycles. The van der Waals surface area contributed by atoms with Gasteiger partial charge < -0.3 is 4.74 Å². The van der Waals surface area contributed by atoms with Crippen molar-refractivity contribution in [1.29, 1.82) is 0 Å². The van der Waals surface area contributed by atoms with Crippen LogP contribution in [0.25, 0.3) is 11.3 Å². The van der Waals surface area contributed by atoms with E-state index >= 15 is 0 Å². The van der Waals surface area contributed by atoms with Gasteiger partial charge in [-0.15, -0.1) is 0 Å². The molecule has 2 aromatic heterocycles. The lowest BCUT2D eigenvalue weighted by Gasteiger charge is -2.28. The van der Waals surface area contributed by atoms with Gasteiger partial charge in [-0.3, -0.25) is 10.00 Å². The predicted octanol–water partition coefficient (Wildman–Crippen LogP) is 3.31. The van der Waals surface area contributed by atoms with Gasteiger partial charge in [-0.2, -0.15) is 5.10 Å². The molecule has 1 aliphatic carbocycles. The number of nitrogens with one attached hydrogen (secondary N) is 1. The van der Waals surface area contributed by atoms with E-state index in [-0.39, 0.29) is 0 Å². The standard InChI is InChI=1S/C21H23N5O/c1-27-18-6-4-14(5-7-18)20-17(11-23-25-20)13-26-9-8-19-16(12-26)10-22-21(24-19)15-2-3-15/h4-7,10-11,15H,2-3,8-9,12-13H2,1H3,(H,23,25). The fourth-order valence-corrected chi connectivity index (χ4v) is 3.74. The molecule has 1 aliphatic heterocycles. The summed E-state index contributed by atoms with van der Waals surface area (Å²) in [5.74, 6) is 2.53. The summed E-state index contributed by atoms with van der Waals surface area (Å²) in [6.07, 6.45) is 7.47. The summed E-state index contributed by atoms with van der Waals surface area (Å²) in [6.45, 7) is 2.77. The third-order valence-electron chi connectivity index (χ3n) is 5.46. The smallest absolute Gasteiger partial charge is 0.131 e. The van der Waals surface area contributed by atoms with Gasteiger partial charge in [0, 0.05) is 60.6 Å². The Hall–Kier alpha value is -2.73. The van der Waals surface area contributed by atoms with Crippen molar-refractivity contribution in [3.05, 3.63) is 59.3 Å². The quantitative estimate of drug-likeness (QED) is 0.755. The molecule has 0 unspecified atom stereocenters. The largest absolute Gasteiger partial charge is 0.497 e. The zero-order valence-electron chi connectivity index (χ0n) is 15.5. The van der Waals surface area contributed by atoms with E-state index in [0.717, 1.165) is 48.9 Å². The second-order valence-corrected chi connectivity index (χ2v) is 7.43. The van der Waals surface area contributed by atoms with Crippen LogP contribution >= 0.6 is 0 Å². The van der Waals surface area contributed by atoms with Crippen LogP contribution in [0, 0.1) is 0 Å². The van der Waals surface area contributed by atoms with Crippen molar-refractivity contribution < 1.29 is 4.74 Å². The average molecular weight is 361 g/mol. The van der Waals surface area contributed by atoms with Crippen LogP contribution in [0.5, 0.6) is 5.75 Å². The summed E-state index contributed by atoms with van der Waals surface area (Å²) in [7, 11) is 1.68. The average Bonchev–Trinajstić information content (AvgIpc) is 3.47. The highest BCUT2D eigenvalue weighted by Crippen LogP contribution is 2.38. The van der Waals surface area contributed by atoms with Crippen LogP contribution in [-0.4, -0.2) is 38.7 Å². The maximum atomic E-state index is 5.25. The minimum absolute atomic E-state index is 0.617. The topological polar surface area (TPSA) is 66.9 Å². The van der Waals surface area contributed by atoms with Gasteiger partial charge in [0.05, 0.1) is 19.0 Å². The number of fused-ring (bicyclic) bond motifs is 1. The molecule has 0 radical (unpaired) electrons. The van der Waals surface area contributed by atoms with Crippen molar-refractivity contribution in [3.63, 3.8) is 0 Å². The Morgan fingerprint density at radius 1 is 1.19 bits per heavy atom. The predicted molar refractivity (Wildman–Crippen MR) is 102 cm³/mol. The molecule has 0 atom stereocenters. The number of methoxy groups -OCH3 is 1. The maximum Gasteiger partial charge on any atom is 0.131 e. The molecule has 3 heterocycles. The Labute approximate surface area is 158 Å². The Morgan fingerprint density at radius 2 is 2.04 bits per heavy atom. The molecular weight excluding hydrogens is 338 g/mol. The number of aromatic nitrogens is 4. The number of benzene rings is 1. The van der Waals surface area contributed by atoms with E-state index in [4.69, 9.17) is 9.72 Å². The van der Waals surface area contributed by atoms with Crippen molar-refractivity contribution >= 4 is 0 Å². The molecular formula is C21H23N5O. The molecule has 0 spiro atoms. The number of nitrogens with zero attached hydrogens (tertiary/aromatic N) is 4. The zero-order chi connectivity index (χ0) is 18.2. The van der Waals surface area contributed by atoms with Gasteiger partial charge in [-0.1, -0.05) is 0 Å². The molecule has 0 saturated heterocycles. The van der Waals surface area contributed by atoms with E-state index in [1.807, 2.05) is 24.5 Å². The minimum Gasteiger partial charge on any atom is -0.497 e. The molecule has 1 aromatic carbocycles. The third kappa shape index (κ3) is 3.32. The Morgan fingerprint density at radius 3 is 2.81 bits per heavy atom. The summed E-state index contributed by atoms with van der Waals surface area (Å²) in [4.78, 5) is 11.9. The summed E-state index contributed by atoms with van der Waals surface area (Å²) in [5.41, 5.74) is 5.91. The van der Waals surface area contributed by atoms with E-state index in [2.05, 4.69) is 32.2 Å². The lowest BCUT2D eigenvalue weighted by Crippen LogP contribution is -2.31. The Bertz CT molecular complexity index is 945. The Kier molecular flexibility index (Phi) is 4.13. The van der Waals surface area contributed by atoms with E-state index in [0.29, 0.717) is 5.92 Å².